The van der Waals surface area contributed by atoms with E-state index in [1.165, 1.54) is 36.4 Å². The number of nitrogens with one attached hydrogen (secondary N) is 2. The lowest BCUT2D eigenvalue weighted by molar-refractivity contribution is 0.102. The molecule has 2 aromatic carbocycles. The Kier molecular flexibility index (Phi) is 6.45. The zero-order chi connectivity index (χ0) is 22.6. The van der Waals surface area contributed by atoms with Crippen molar-refractivity contribution in [2.24, 2.45) is 0 Å². The Morgan fingerprint density at radius 3 is 2.62 bits per heavy atom. The molecule has 2 heterocycles. The SMILES string of the molecule is CSc1ncc(C(=O)Nc2cccc(S(=O)(=O)NCc3ccco3)c2)n1-c1ccccc1. The summed E-state index contributed by atoms with van der Waals surface area (Å²) in [6, 6.07) is 18.8. The van der Waals surface area contributed by atoms with Crippen LogP contribution in [0.5, 0.6) is 0 Å². The molecule has 4 aromatic rings. The number of anilines is 1. The smallest absolute Gasteiger partial charge is 0.274 e. The number of hydrogen-bond donors (Lipinski definition) is 2. The first-order valence-corrected chi connectivity index (χ1v) is 12.3. The zero-order valence-electron chi connectivity index (χ0n) is 17.1. The Morgan fingerprint density at radius 1 is 1.09 bits per heavy atom. The molecule has 0 atom stereocenters. The summed E-state index contributed by atoms with van der Waals surface area (Å²) in [7, 11) is -3.79. The van der Waals surface area contributed by atoms with E-state index in [2.05, 4.69) is 15.0 Å². The predicted molar refractivity (Wildman–Crippen MR) is 122 cm³/mol. The van der Waals surface area contributed by atoms with Crippen LogP contribution in [0, 0.1) is 0 Å². The topological polar surface area (TPSA) is 106 Å². The van der Waals surface area contributed by atoms with Gasteiger partial charge < -0.3 is 9.73 Å². The fourth-order valence-corrected chi connectivity index (χ4v) is 4.65. The van der Waals surface area contributed by atoms with Crippen molar-refractivity contribution in [1.82, 2.24) is 14.3 Å². The number of amides is 1. The van der Waals surface area contributed by atoms with Crippen LogP contribution in [0.4, 0.5) is 5.69 Å². The third kappa shape index (κ3) is 4.77. The minimum atomic E-state index is -3.79. The Bertz CT molecular complexity index is 1320. The van der Waals surface area contributed by atoms with Gasteiger partial charge in [-0.1, -0.05) is 36.0 Å². The number of para-hydroxylation sites is 1. The second-order valence-corrected chi connectivity index (χ2v) is 9.23. The number of rotatable bonds is 8. The van der Waals surface area contributed by atoms with Crippen molar-refractivity contribution >= 4 is 33.4 Å². The first-order valence-electron chi connectivity index (χ1n) is 9.58. The molecule has 164 valence electrons. The molecule has 0 aliphatic rings. The van der Waals surface area contributed by atoms with Crippen LogP contribution in [0.1, 0.15) is 16.2 Å². The van der Waals surface area contributed by atoms with Gasteiger partial charge in [-0.15, -0.1) is 0 Å². The van der Waals surface area contributed by atoms with E-state index in [0.717, 1.165) is 5.69 Å². The monoisotopic (exact) mass is 468 g/mol. The van der Waals surface area contributed by atoms with Gasteiger partial charge in [0, 0.05) is 11.4 Å². The molecular weight excluding hydrogens is 448 g/mol. The molecule has 4 rings (SSSR count). The van der Waals surface area contributed by atoms with E-state index >= 15 is 0 Å². The van der Waals surface area contributed by atoms with Gasteiger partial charge in [0.2, 0.25) is 10.0 Å². The molecule has 2 aromatic heterocycles. The van der Waals surface area contributed by atoms with Crippen LogP contribution in [0.25, 0.3) is 5.69 Å². The summed E-state index contributed by atoms with van der Waals surface area (Å²) in [5.74, 6) is 0.0940. The lowest BCUT2D eigenvalue weighted by Crippen LogP contribution is -2.23. The van der Waals surface area contributed by atoms with Crippen molar-refractivity contribution in [3.8, 4) is 5.69 Å². The maximum Gasteiger partial charge on any atom is 0.274 e. The number of sulfonamides is 1. The lowest BCUT2D eigenvalue weighted by Gasteiger charge is -2.12. The third-order valence-corrected chi connectivity index (χ3v) is 6.63. The number of carbonyl (C=O) groups excluding carboxylic acids is 1. The van der Waals surface area contributed by atoms with Crippen molar-refractivity contribution in [1.29, 1.82) is 0 Å². The van der Waals surface area contributed by atoms with E-state index in [-0.39, 0.29) is 11.4 Å². The van der Waals surface area contributed by atoms with E-state index in [1.54, 1.807) is 28.8 Å². The molecule has 0 unspecified atom stereocenters. The van der Waals surface area contributed by atoms with Gasteiger partial charge in [0.15, 0.2) is 5.16 Å². The summed E-state index contributed by atoms with van der Waals surface area (Å²) in [6.07, 6.45) is 4.86. The Labute approximate surface area is 189 Å². The van der Waals surface area contributed by atoms with Gasteiger partial charge >= 0.3 is 0 Å². The number of imidazole rings is 1. The second-order valence-electron chi connectivity index (χ2n) is 6.69. The van der Waals surface area contributed by atoms with E-state index in [1.807, 2.05) is 36.6 Å². The molecule has 0 saturated carbocycles. The van der Waals surface area contributed by atoms with Crippen molar-refractivity contribution in [3.63, 3.8) is 0 Å². The first kappa shape index (κ1) is 21.9. The molecule has 0 spiro atoms. The molecule has 0 aliphatic heterocycles. The summed E-state index contributed by atoms with van der Waals surface area (Å²) >= 11 is 1.42. The normalized spacial score (nSPS) is 11.4. The highest BCUT2D eigenvalue weighted by Crippen LogP contribution is 2.23. The van der Waals surface area contributed by atoms with Gasteiger partial charge in [0.25, 0.3) is 5.91 Å². The van der Waals surface area contributed by atoms with Crippen molar-refractivity contribution < 1.29 is 17.6 Å². The zero-order valence-corrected chi connectivity index (χ0v) is 18.7. The van der Waals surface area contributed by atoms with Crippen LogP contribution in [0.15, 0.2) is 93.7 Å². The predicted octanol–water partition coefficient (Wildman–Crippen LogP) is 3.92. The molecule has 0 fully saturated rings. The Morgan fingerprint density at radius 2 is 1.91 bits per heavy atom. The van der Waals surface area contributed by atoms with E-state index in [9.17, 15) is 13.2 Å². The molecular formula is C22H20N4O4S2. The standard InChI is InChI=1S/C22H20N4O4S2/c1-31-22-23-15-20(26(22)17-8-3-2-4-9-17)21(27)25-16-7-5-11-19(13-16)32(28,29)24-14-18-10-6-12-30-18/h2-13,15,24H,14H2,1H3,(H,25,27). The van der Waals surface area contributed by atoms with Crippen LogP contribution >= 0.6 is 11.8 Å². The molecule has 10 heteroatoms. The summed E-state index contributed by atoms with van der Waals surface area (Å²) in [5, 5.41) is 3.43. The average Bonchev–Trinajstić information content (AvgIpc) is 3.48. The lowest BCUT2D eigenvalue weighted by atomic mass is 10.3. The largest absolute Gasteiger partial charge is 0.468 e. The number of benzene rings is 2. The van der Waals surface area contributed by atoms with Crippen molar-refractivity contribution in [3.05, 3.63) is 90.6 Å². The highest BCUT2D eigenvalue weighted by Gasteiger charge is 2.19. The summed E-state index contributed by atoms with van der Waals surface area (Å²) < 4.78 is 34.7. The summed E-state index contributed by atoms with van der Waals surface area (Å²) in [5.41, 5.74) is 1.49. The van der Waals surface area contributed by atoms with Crippen LogP contribution in [-0.4, -0.2) is 30.1 Å². The van der Waals surface area contributed by atoms with Gasteiger partial charge in [-0.3, -0.25) is 9.36 Å². The minimum absolute atomic E-state index is 0.0274. The number of hydrogen-bond acceptors (Lipinski definition) is 6. The fraction of sp³-hybridized carbons (Fsp3) is 0.0909. The van der Waals surface area contributed by atoms with Crippen LogP contribution in [0.2, 0.25) is 0 Å². The van der Waals surface area contributed by atoms with Gasteiger partial charge in [-0.05, 0) is 48.7 Å². The quantitative estimate of drug-likeness (QED) is 0.380. The van der Waals surface area contributed by atoms with Crippen molar-refractivity contribution in [2.75, 3.05) is 11.6 Å². The van der Waals surface area contributed by atoms with Crippen LogP contribution in [-0.2, 0) is 16.6 Å². The van der Waals surface area contributed by atoms with Gasteiger partial charge in [-0.2, -0.15) is 0 Å². The van der Waals surface area contributed by atoms with Crippen LogP contribution in [0.3, 0.4) is 0 Å². The fourth-order valence-electron chi connectivity index (χ4n) is 3.06. The summed E-state index contributed by atoms with van der Waals surface area (Å²) in [4.78, 5) is 17.4. The molecule has 2 N–H and O–H groups in total. The Balaban J connectivity index is 1.56. The van der Waals surface area contributed by atoms with E-state index in [4.69, 9.17) is 4.42 Å². The maximum absolute atomic E-state index is 13.0. The minimum Gasteiger partial charge on any atom is -0.468 e. The van der Waals surface area contributed by atoms with Gasteiger partial charge in [-0.25, -0.2) is 18.1 Å². The molecule has 0 bridgehead atoms. The number of nitrogens with zero attached hydrogens (tertiary/aromatic N) is 2. The van der Waals surface area contributed by atoms with Crippen LogP contribution < -0.4 is 10.0 Å². The number of thioether (sulfide) groups is 1. The second kappa shape index (κ2) is 9.43. The van der Waals surface area contributed by atoms with Gasteiger partial charge in [0.05, 0.1) is 23.9 Å². The maximum atomic E-state index is 13.0. The number of aromatic nitrogens is 2. The molecule has 0 radical (unpaired) electrons. The summed E-state index contributed by atoms with van der Waals surface area (Å²) in [6.45, 7) is 0.0274. The van der Waals surface area contributed by atoms with E-state index < -0.39 is 15.9 Å². The molecule has 8 nitrogen and oxygen atoms in total. The van der Waals surface area contributed by atoms with Crippen molar-refractivity contribution in [2.45, 2.75) is 16.6 Å². The first-order chi connectivity index (χ1) is 15.5. The Hall–Kier alpha value is -3.34. The number of carbonyl (C=O) groups is 1. The number of furan rings is 1. The van der Waals surface area contributed by atoms with E-state index in [0.29, 0.717) is 22.3 Å². The molecule has 1 amide bonds. The van der Waals surface area contributed by atoms with Gasteiger partial charge in [0.1, 0.15) is 11.5 Å². The average molecular weight is 469 g/mol. The highest BCUT2D eigenvalue weighted by molar-refractivity contribution is 7.98. The highest BCUT2D eigenvalue weighted by atomic mass is 32.2. The molecule has 0 saturated heterocycles. The molecule has 0 aliphatic carbocycles. The third-order valence-electron chi connectivity index (χ3n) is 4.58. The molecule has 32 heavy (non-hydrogen) atoms.